The maximum Gasteiger partial charge on any atom is 0.418 e. The smallest absolute Gasteiger partial charge is 0.418 e. The molecule has 3 N–H and O–H groups in total. The Balaban J connectivity index is 2.06. The maximum atomic E-state index is 12.0. The molecule has 2 bridgehead atoms. The number of hydroxylamine groups is 2. The monoisotopic (exact) mass is 323 g/mol. The average Bonchev–Trinajstić information content (AvgIpc) is 2.60. The van der Waals surface area contributed by atoms with E-state index in [0.717, 1.165) is 4.90 Å². The van der Waals surface area contributed by atoms with Crippen molar-refractivity contribution >= 4 is 28.3 Å². The molecule has 0 aliphatic carbocycles. The van der Waals surface area contributed by atoms with E-state index in [1.807, 2.05) is 0 Å². The molecule has 11 nitrogen and oxygen atoms in total. The van der Waals surface area contributed by atoms with Crippen LogP contribution in [0.1, 0.15) is 12.8 Å². The van der Waals surface area contributed by atoms with Gasteiger partial charge in [-0.3, -0.25) is 9.35 Å². The Morgan fingerprint density at radius 3 is 2.62 bits per heavy atom. The van der Waals surface area contributed by atoms with Crippen LogP contribution in [0, 0.1) is 0 Å². The van der Waals surface area contributed by atoms with Gasteiger partial charge in [0.2, 0.25) is 0 Å². The van der Waals surface area contributed by atoms with Crippen LogP contribution in [0.15, 0.2) is 0 Å². The molecule has 0 spiro atoms. The van der Waals surface area contributed by atoms with Crippen molar-refractivity contribution in [2.75, 3.05) is 13.2 Å². The number of hydrogen-bond acceptors (Lipinski definition) is 7. The van der Waals surface area contributed by atoms with Gasteiger partial charge in [0, 0.05) is 6.54 Å². The van der Waals surface area contributed by atoms with Crippen molar-refractivity contribution in [2.45, 2.75) is 24.9 Å². The highest BCUT2D eigenvalue weighted by Gasteiger charge is 2.49. The summed E-state index contributed by atoms with van der Waals surface area (Å²) < 4.78 is 38.9. The van der Waals surface area contributed by atoms with E-state index in [0.29, 0.717) is 5.06 Å². The third-order valence-electron chi connectivity index (χ3n) is 3.13. The van der Waals surface area contributed by atoms with Crippen LogP contribution < -0.4 is 5.73 Å². The first-order valence-corrected chi connectivity index (χ1v) is 7.27. The standard InChI is InChI=1S/C9H13N3O8S/c10-7(13)4-19-8(14)6-2-1-5-3-11(6)9(15)12(5)20-21(16,17)18/h5-6H,1-4H2,(H2,10,13)(H,16,17,18). The van der Waals surface area contributed by atoms with Gasteiger partial charge in [0.05, 0.1) is 6.04 Å². The molecule has 0 saturated carbocycles. The van der Waals surface area contributed by atoms with E-state index >= 15 is 0 Å². The minimum Gasteiger partial charge on any atom is -0.454 e. The average molecular weight is 323 g/mol. The Morgan fingerprint density at radius 1 is 1.38 bits per heavy atom. The number of rotatable bonds is 5. The second kappa shape index (κ2) is 5.46. The Labute approximate surface area is 119 Å². The zero-order valence-corrected chi connectivity index (χ0v) is 11.5. The molecule has 2 aliphatic rings. The SMILES string of the molecule is NC(=O)COC(=O)C1CCC2CN1C(=O)N2OS(=O)(=O)O. The summed E-state index contributed by atoms with van der Waals surface area (Å²) in [4.78, 5) is 35.4. The highest BCUT2D eigenvalue weighted by molar-refractivity contribution is 7.80. The number of hydrogen-bond donors (Lipinski definition) is 2. The van der Waals surface area contributed by atoms with Crippen LogP contribution in [-0.4, -0.2) is 66.1 Å². The summed E-state index contributed by atoms with van der Waals surface area (Å²) in [5, 5.41) is 0.511. The predicted molar refractivity (Wildman–Crippen MR) is 63.5 cm³/mol. The van der Waals surface area contributed by atoms with Crippen LogP contribution in [0.25, 0.3) is 0 Å². The first kappa shape index (κ1) is 15.5. The van der Waals surface area contributed by atoms with Gasteiger partial charge in [-0.2, -0.15) is 13.5 Å². The van der Waals surface area contributed by atoms with Gasteiger partial charge in [0.25, 0.3) is 5.91 Å². The number of urea groups is 1. The van der Waals surface area contributed by atoms with E-state index in [9.17, 15) is 22.8 Å². The minimum absolute atomic E-state index is 0.0463. The lowest BCUT2D eigenvalue weighted by Crippen LogP contribution is -2.46. The lowest BCUT2D eigenvalue weighted by Gasteiger charge is -2.28. The van der Waals surface area contributed by atoms with Crippen LogP contribution >= 0.6 is 0 Å². The third kappa shape index (κ3) is 3.40. The lowest BCUT2D eigenvalue weighted by molar-refractivity contribution is -0.152. The van der Waals surface area contributed by atoms with E-state index < -0.39 is 47.0 Å². The molecule has 2 aliphatic heterocycles. The largest absolute Gasteiger partial charge is 0.454 e. The van der Waals surface area contributed by atoms with E-state index in [2.05, 4.69) is 9.02 Å². The molecule has 2 unspecified atom stereocenters. The van der Waals surface area contributed by atoms with Crippen molar-refractivity contribution < 1.29 is 36.4 Å². The van der Waals surface area contributed by atoms with Crippen molar-refractivity contribution in [2.24, 2.45) is 5.73 Å². The quantitative estimate of drug-likeness (QED) is 0.435. The summed E-state index contributed by atoms with van der Waals surface area (Å²) in [6.07, 6.45) is 0.480. The molecule has 2 atom stereocenters. The van der Waals surface area contributed by atoms with Crippen molar-refractivity contribution in [1.29, 1.82) is 0 Å². The van der Waals surface area contributed by atoms with Crippen LogP contribution in [0.2, 0.25) is 0 Å². The lowest BCUT2D eigenvalue weighted by atomic mass is 10.0. The first-order valence-electron chi connectivity index (χ1n) is 5.91. The van der Waals surface area contributed by atoms with E-state index in [-0.39, 0.29) is 19.4 Å². The molecule has 21 heavy (non-hydrogen) atoms. The van der Waals surface area contributed by atoms with Crippen molar-refractivity contribution in [3.05, 3.63) is 0 Å². The number of carbonyl (C=O) groups excluding carboxylic acids is 3. The molecular weight excluding hydrogens is 310 g/mol. The van der Waals surface area contributed by atoms with Gasteiger partial charge in [-0.25, -0.2) is 9.59 Å². The number of primary amides is 1. The Hall–Kier alpha value is -1.92. The fourth-order valence-corrected chi connectivity index (χ4v) is 2.70. The van der Waals surface area contributed by atoms with Gasteiger partial charge in [-0.1, -0.05) is 0 Å². The number of nitrogens with two attached hydrogens (primary N) is 1. The molecule has 0 aromatic carbocycles. The molecule has 3 amide bonds. The summed E-state index contributed by atoms with van der Waals surface area (Å²) in [6.45, 7) is -0.559. The Morgan fingerprint density at radius 2 is 2.05 bits per heavy atom. The van der Waals surface area contributed by atoms with Crippen LogP contribution in [0.3, 0.4) is 0 Å². The molecule has 0 radical (unpaired) electrons. The summed E-state index contributed by atoms with van der Waals surface area (Å²) in [5.74, 6) is -1.64. The minimum atomic E-state index is -4.84. The topological polar surface area (TPSA) is 157 Å². The van der Waals surface area contributed by atoms with Crippen LogP contribution in [0.4, 0.5) is 4.79 Å². The summed E-state index contributed by atoms with van der Waals surface area (Å²) in [5.41, 5.74) is 4.85. The molecule has 2 fully saturated rings. The summed E-state index contributed by atoms with van der Waals surface area (Å²) >= 11 is 0. The van der Waals surface area contributed by atoms with Gasteiger partial charge in [0.1, 0.15) is 6.04 Å². The number of carbonyl (C=O) groups is 3. The maximum absolute atomic E-state index is 12.0. The molecular formula is C9H13N3O8S. The second-order valence-corrected chi connectivity index (χ2v) is 5.59. The fourth-order valence-electron chi connectivity index (χ4n) is 2.32. The Bertz CT molecular complexity index is 576. The van der Waals surface area contributed by atoms with Gasteiger partial charge in [-0.05, 0) is 12.8 Å². The summed E-state index contributed by atoms with van der Waals surface area (Å²) in [6, 6.07) is -2.43. The van der Waals surface area contributed by atoms with Crippen molar-refractivity contribution in [3.63, 3.8) is 0 Å². The van der Waals surface area contributed by atoms with Crippen molar-refractivity contribution in [1.82, 2.24) is 9.96 Å². The summed E-state index contributed by atoms with van der Waals surface area (Å²) in [7, 11) is -4.84. The van der Waals surface area contributed by atoms with Crippen molar-refractivity contribution in [3.8, 4) is 0 Å². The number of fused-ring (bicyclic) bond motifs is 2. The predicted octanol–water partition coefficient (Wildman–Crippen LogP) is -1.98. The normalized spacial score (nSPS) is 25.1. The van der Waals surface area contributed by atoms with Gasteiger partial charge in [-0.15, -0.1) is 4.28 Å². The number of esters is 1. The molecule has 118 valence electrons. The van der Waals surface area contributed by atoms with E-state index in [1.54, 1.807) is 0 Å². The van der Waals surface area contributed by atoms with Gasteiger partial charge >= 0.3 is 22.4 Å². The Kier molecular flexibility index (Phi) is 4.02. The second-order valence-electron chi connectivity index (χ2n) is 4.58. The first-order chi connectivity index (χ1) is 9.69. The molecule has 2 saturated heterocycles. The number of amides is 3. The molecule has 12 heteroatoms. The highest BCUT2D eigenvalue weighted by Crippen LogP contribution is 2.31. The molecule has 2 rings (SSSR count). The van der Waals surface area contributed by atoms with E-state index in [4.69, 9.17) is 10.3 Å². The molecule has 2 heterocycles. The fraction of sp³-hybridized carbons (Fsp3) is 0.667. The van der Waals surface area contributed by atoms with E-state index in [1.165, 1.54) is 0 Å². The molecule has 0 aromatic rings. The van der Waals surface area contributed by atoms with Gasteiger partial charge in [0.15, 0.2) is 6.61 Å². The van der Waals surface area contributed by atoms with Crippen LogP contribution in [0.5, 0.6) is 0 Å². The molecule has 0 aromatic heterocycles. The number of piperidine rings is 1. The van der Waals surface area contributed by atoms with Crippen LogP contribution in [-0.2, 0) is 29.0 Å². The zero-order chi connectivity index (χ0) is 15.8. The number of nitrogens with zero attached hydrogens (tertiary/aromatic N) is 2. The zero-order valence-electron chi connectivity index (χ0n) is 10.7. The highest BCUT2D eigenvalue weighted by atomic mass is 32.3. The van der Waals surface area contributed by atoms with Gasteiger partial charge < -0.3 is 15.4 Å². The third-order valence-corrected chi connectivity index (χ3v) is 3.48. The number of ether oxygens (including phenoxy) is 1.